The molecule has 8 nitrogen and oxygen atoms in total. The number of aromatic nitrogens is 4. The van der Waals surface area contributed by atoms with Crippen LogP contribution in [0.3, 0.4) is 0 Å². The van der Waals surface area contributed by atoms with E-state index < -0.39 is 11.6 Å². The second kappa shape index (κ2) is 10.6. The topological polar surface area (TPSA) is 113 Å². The summed E-state index contributed by atoms with van der Waals surface area (Å²) in [5.41, 5.74) is 4.68. The van der Waals surface area contributed by atoms with Crippen molar-refractivity contribution in [3.05, 3.63) is 69.5 Å². The van der Waals surface area contributed by atoms with Crippen LogP contribution in [0.2, 0.25) is 0 Å². The molecule has 1 saturated carbocycles. The zero-order valence-corrected chi connectivity index (χ0v) is 22.5. The van der Waals surface area contributed by atoms with E-state index in [1.807, 2.05) is 26.0 Å². The number of carbonyl (C=O) groups is 1. The average Bonchev–Trinajstić information content (AvgIpc) is 3.57. The minimum atomic E-state index is -0.722. The summed E-state index contributed by atoms with van der Waals surface area (Å²) in [6.07, 6.45) is 7.30. The molecule has 2 aromatic heterocycles. The summed E-state index contributed by atoms with van der Waals surface area (Å²) in [7, 11) is 0. The van der Waals surface area contributed by atoms with Crippen LogP contribution in [-0.2, 0) is 35.2 Å². The van der Waals surface area contributed by atoms with Crippen LogP contribution >= 0.6 is 0 Å². The van der Waals surface area contributed by atoms with Crippen molar-refractivity contribution >= 4 is 11.7 Å². The standard InChI is InChI=1S/C30H35N5O3/c1-4-22-16-21(9-10-23(22)12-14-31)11-13-30(24-7-5-6-8-24)18-26(36)25(28(37)38-30)17-27-33-29-32-19(2)15-20(3)35(29)34-27/h9-10,15-16,24,36H,4-8,11-13,17-18H2,1-3H3. The Morgan fingerprint density at radius 1 is 1.18 bits per heavy atom. The Balaban J connectivity index is 1.39. The molecule has 3 heterocycles. The van der Waals surface area contributed by atoms with Crippen LogP contribution in [0.5, 0.6) is 0 Å². The Labute approximate surface area is 223 Å². The van der Waals surface area contributed by atoms with Gasteiger partial charge in [-0.1, -0.05) is 38.0 Å². The summed E-state index contributed by atoms with van der Waals surface area (Å²) in [6.45, 7) is 5.94. The van der Waals surface area contributed by atoms with Gasteiger partial charge in [0.2, 0.25) is 0 Å². The van der Waals surface area contributed by atoms with E-state index in [1.165, 1.54) is 11.1 Å². The molecular weight excluding hydrogens is 478 g/mol. The van der Waals surface area contributed by atoms with Crippen molar-refractivity contribution in [1.29, 1.82) is 5.26 Å². The molecule has 0 saturated heterocycles. The third-order valence-corrected chi connectivity index (χ3v) is 8.21. The van der Waals surface area contributed by atoms with Crippen molar-refractivity contribution in [1.82, 2.24) is 19.6 Å². The van der Waals surface area contributed by atoms with E-state index in [9.17, 15) is 9.90 Å². The molecular formula is C30H35N5O3. The lowest BCUT2D eigenvalue weighted by molar-refractivity contribution is -0.167. The van der Waals surface area contributed by atoms with Gasteiger partial charge in [-0.15, -0.1) is 5.10 Å². The number of nitrogens with zero attached hydrogens (tertiary/aromatic N) is 5. The predicted octanol–water partition coefficient (Wildman–Crippen LogP) is 5.23. The number of hydrogen-bond acceptors (Lipinski definition) is 7. The molecule has 1 N–H and O–H groups in total. The second-order valence-corrected chi connectivity index (χ2v) is 10.8. The number of aliphatic hydroxyl groups is 1. The second-order valence-electron chi connectivity index (χ2n) is 10.8. The monoisotopic (exact) mass is 513 g/mol. The van der Waals surface area contributed by atoms with Crippen molar-refractivity contribution in [3.8, 4) is 6.07 Å². The van der Waals surface area contributed by atoms with Gasteiger partial charge in [-0.3, -0.25) is 0 Å². The van der Waals surface area contributed by atoms with Gasteiger partial charge in [0.05, 0.1) is 18.1 Å². The number of benzene rings is 1. The first-order chi connectivity index (χ1) is 18.3. The zero-order valence-electron chi connectivity index (χ0n) is 22.5. The highest BCUT2D eigenvalue weighted by atomic mass is 16.6. The molecule has 1 unspecified atom stereocenters. The molecule has 0 spiro atoms. The smallest absolute Gasteiger partial charge is 0.338 e. The Morgan fingerprint density at radius 2 is 1.97 bits per heavy atom. The van der Waals surface area contributed by atoms with Gasteiger partial charge in [-0.25, -0.2) is 14.3 Å². The highest BCUT2D eigenvalue weighted by Crippen LogP contribution is 2.46. The van der Waals surface area contributed by atoms with Crippen molar-refractivity contribution in [2.75, 3.05) is 0 Å². The van der Waals surface area contributed by atoms with Crippen molar-refractivity contribution in [2.45, 2.75) is 90.6 Å². The molecule has 1 aliphatic carbocycles. The van der Waals surface area contributed by atoms with Crippen molar-refractivity contribution in [2.24, 2.45) is 5.92 Å². The largest absolute Gasteiger partial charge is 0.512 e. The molecule has 1 fully saturated rings. The molecule has 198 valence electrons. The third-order valence-electron chi connectivity index (χ3n) is 8.21. The number of rotatable bonds is 8. The molecule has 8 heteroatoms. The number of fused-ring (bicyclic) bond motifs is 1. The molecule has 2 aliphatic rings. The van der Waals surface area contributed by atoms with Gasteiger partial charge in [0.25, 0.3) is 5.78 Å². The molecule has 0 radical (unpaired) electrons. The van der Waals surface area contributed by atoms with Gasteiger partial charge < -0.3 is 9.84 Å². The number of aliphatic hydroxyl groups excluding tert-OH is 1. The quantitative estimate of drug-likeness (QED) is 0.410. The SMILES string of the molecule is CCc1cc(CCC2(C3CCCC3)CC(O)=C(Cc3nc4nc(C)cc(C)n4n3)C(=O)O2)ccc1CC#N. The lowest BCUT2D eigenvalue weighted by Crippen LogP contribution is -2.46. The van der Waals surface area contributed by atoms with E-state index >= 15 is 0 Å². The summed E-state index contributed by atoms with van der Waals surface area (Å²) >= 11 is 0. The van der Waals surface area contributed by atoms with Gasteiger partial charge in [0.1, 0.15) is 11.4 Å². The predicted molar refractivity (Wildman–Crippen MR) is 142 cm³/mol. The number of aryl methyl sites for hydroxylation is 4. The lowest BCUT2D eigenvalue weighted by atomic mass is 9.76. The normalized spacial score (nSPS) is 20.2. The molecule has 0 amide bonds. The molecule has 5 rings (SSSR count). The fraction of sp³-hybridized carbons (Fsp3) is 0.500. The lowest BCUT2D eigenvalue weighted by Gasteiger charge is -2.41. The Morgan fingerprint density at radius 3 is 2.68 bits per heavy atom. The van der Waals surface area contributed by atoms with Gasteiger partial charge >= 0.3 is 5.97 Å². The zero-order chi connectivity index (χ0) is 26.9. The van der Waals surface area contributed by atoms with Crippen molar-refractivity contribution < 1.29 is 14.6 Å². The Bertz CT molecular complexity index is 1440. The van der Waals surface area contributed by atoms with Crippen molar-refractivity contribution in [3.63, 3.8) is 0 Å². The van der Waals surface area contributed by atoms with E-state index in [2.05, 4.69) is 40.2 Å². The molecule has 1 aliphatic heterocycles. The summed E-state index contributed by atoms with van der Waals surface area (Å²) in [4.78, 5) is 22.3. The number of ether oxygens (including phenoxy) is 1. The summed E-state index contributed by atoms with van der Waals surface area (Å²) in [6, 6.07) is 10.5. The number of nitriles is 1. The fourth-order valence-corrected chi connectivity index (χ4v) is 6.21. The average molecular weight is 514 g/mol. The van der Waals surface area contributed by atoms with E-state index in [-0.39, 0.29) is 23.7 Å². The van der Waals surface area contributed by atoms with Gasteiger partial charge in [-0.05, 0) is 74.6 Å². The maximum Gasteiger partial charge on any atom is 0.338 e. The van der Waals surface area contributed by atoms with E-state index in [0.29, 0.717) is 30.9 Å². The number of esters is 1. The number of hydrogen-bond donors (Lipinski definition) is 1. The van der Waals surface area contributed by atoms with E-state index in [4.69, 9.17) is 10.00 Å². The van der Waals surface area contributed by atoms with Crippen LogP contribution in [0.25, 0.3) is 5.78 Å². The van der Waals surface area contributed by atoms with Crippen LogP contribution in [-0.4, -0.2) is 36.3 Å². The van der Waals surface area contributed by atoms with Gasteiger partial charge in [0, 0.05) is 24.2 Å². The third kappa shape index (κ3) is 5.02. The Kier molecular flexibility index (Phi) is 7.20. The van der Waals surface area contributed by atoms with Crippen LogP contribution in [0, 0.1) is 31.1 Å². The highest BCUT2D eigenvalue weighted by molar-refractivity contribution is 5.90. The molecule has 38 heavy (non-hydrogen) atoms. The summed E-state index contributed by atoms with van der Waals surface area (Å²) in [5, 5.41) is 24.9. The minimum absolute atomic E-state index is 0.0893. The maximum absolute atomic E-state index is 13.4. The summed E-state index contributed by atoms with van der Waals surface area (Å²) < 4.78 is 7.95. The van der Waals surface area contributed by atoms with Gasteiger partial charge in [-0.2, -0.15) is 10.2 Å². The van der Waals surface area contributed by atoms with Crippen LogP contribution < -0.4 is 0 Å². The Hall–Kier alpha value is -3.73. The first kappa shape index (κ1) is 25.9. The molecule has 1 aromatic carbocycles. The van der Waals surface area contributed by atoms with Gasteiger partial charge in [0.15, 0.2) is 5.82 Å². The van der Waals surface area contributed by atoms with Crippen LogP contribution in [0.1, 0.15) is 79.4 Å². The number of cyclic esters (lactones) is 1. The molecule has 0 bridgehead atoms. The van der Waals surface area contributed by atoms with E-state index in [1.54, 1.807) is 4.52 Å². The first-order valence-electron chi connectivity index (χ1n) is 13.6. The highest BCUT2D eigenvalue weighted by Gasteiger charge is 2.48. The summed E-state index contributed by atoms with van der Waals surface area (Å²) in [5.74, 6) is 0.754. The van der Waals surface area contributed by atoms with Crippen LogP contribution in [0.15, 0.2) is 35.6 Å². The maximum atomic E-state index is 13.4. The molecule has 1 atom stereocenters. The fourth-order valence-electron chi connectivity index (χ4n) is 6.21. The number of carbonyl (C=O) groups excluding carboxylic acids is 1. The molecule has 3 aromatic rings. The van der Waals surface area contributed by atoms with Crippen LogP contribution in [0.4, 0.5) is 0 Å². The minimum Gasteiger partial charge on any atom is -0.512 e. The van der Waals surface area contributed by atoms with E-state index in [0.717, 1.165) is 55.5 Å². The first-order valence-corrected chi connectivity index (χ1v) is 13.6.